The first kappa shape index (κ1) is 17.2. The van der Waals surface area contributed by atoms with E-state index >= 15 is 0 Å². The molecule has 23 heavy (non-hydrogen) atoms. The van der Waals surface area contributed by atoms with E-state index in [-0.39, 0.29) is 18.1 Å². The van der Waals surface area contributed by atoms with Crippen LogP contribution in [0.15, 0.2) is 0 Å². The third kappa shape index (κ3) is 4.68. The topological polar surface area (TPSA) is 58.8 Å². The summed E-state index contributed by atoms with van der Waals surface area (Å²) in [6.45, 7) is 5.66. The van der Waals surface area contributed by atoms with E-state index in [1.807, 2.05) is 4.90 Å². The van der Waals surface area contributed by atoms with E-state index in [0.29, 0.717) is 6.54 Å². The van der Waals surface area contributed by atoms with Crippen molar-refractivity contribution in [1.29, 1.82) is 0 Å². The maximum Gasteiger partial charge on any atom is 0.251 e. The van der Waals surface area contributed by atoms with Crippen molar-refractivity contribution in [2.45, 2.75) is 63.6 Å². The summed E-state index contributed by atoms with van der Waals surface area (Å²) in [5.41, 5.74) is 5.65. The standard InChI is InChI=1S/C18H33N3O2/c19-13-16-7-8-17(23-16)18(22)21-10-4-9-20(11-12-21)14-15-5-2-1-3-6-15/h15-17H,1-14,19H2/t16-,17+/m1/s1. The number of carbonyl (C=O) groups is 1. The van der Waals surface area contributed by atoms with Gasteiger partial charge in [0.1, 0.15) is 6.10 Å². The van der Waals surface area contributed by atoms with Crippen LogP contribution in [0, 0.1) is 5.92 Å². The number of carbonyl (C=O) groups excluding carboxylic acids is 1. The molecule has 2 aliphatic heterocycles. The van der Waals surface area contributed by atoms with Crippen molar-refractivity contribution in [3.63, 3.8) is 0 Å². The second-order valence-electron chi connectivity index (χ2n) is 7.54. The lowest BCUT2D eigenvalue weighted by Crippen LogP contribution is -2.42. The lowest BCUT2D eigenvalue weighted by molar-refractivity contribution is -0.142. The Kier molecular flexibility index (Phi) is 6.31. The van der Waals surface area contributed by atoms with Gasteiger partial charge in [0.2, 0.25) is 0 Å². The Morgan fingerprint density at radius 2 is 1.78 bits per heavy atom. The molecule has 1 saturated carbocycles. The van der Waals surface area contributed by atoms with E-state index < -0.39 is 0 Å². The largest absolute Gasteiger partial charge is 0.364 e. The molecule has 2 N–H and O–H groups in total. The molecule has 0 spiro atoms. The van der Waals surface area contributed by atoms with Gasteiger partial charge in [-0.25, -0.2) is 0 Å². The fraction of sp³-hybridized carbons (Fsp3) is 0.944. The highest BCUT2D eigenvalue weighted by Gasteiger charge is 2.33. The van der Waals surface area contributed by atoms with E-state index in [4.69, 9.17) is 10.5 Å². The third-order valence-electron chi connectivity index (χ3n) is 5.79. The molecule has 0 radical (unpaired) electrons. The van der Waals surface area contributed by atoms with Crippen molar-refractivity contribution in [3.8, 4) is 0 Å². The number of hydrogen-bond acceptors (Lipinski definition) is 4. The molecular weight excluding hydrogens is 290 g/mol. The molecule has 0 aromatic carbocycles. The first-order valence-electron chi connectivity index (χ1n) is 9.63. The highest BCUT2D eigenvalue weighted by atomic mass is 16.5. The summed E-state index contributed by atoms with van der Waals surface area (Å²) in [7, 11) is 0. The van der Waals surface area contributed by atoms with E-state index in [1.165, 1.54) is 38.6 Å². The van der Waals surface area contributed by atoms with Gasteiger partial charge >= 0.3 is 0 Å². The summed E-state index contributed by atoms with van der Waals surface area (Å²) in [6, 6.07) is 0. The molecular formula is C18H33N3O2. The van der Waals surface area contributed by atoms with Crippen LogP contribution in [0.2, 0.25) is 0 Å². The van der Waals surface area contributed by atoms with Gasteiger partial charge in [0, 0.05) is 32.7 Å². The zero-order valence-electron chi connectivity index (χ0n) is 14.4. The van der Waals surface area contributed by atoms with Gasteiger partial charge in [-0.3, -0.25) is 4.79 Å². The number of rotatable bonds is 4. The summed E-state index contributed by atoms with van der Waals surface area (Å²) in [4.78, 5) is 17.3. The average molecular weight is 323 g/mol. The molecule has 1 aliphatic carbocycles. The van der Waals surface area contributed by atoms with Crippen LogP contribution in [0.1, 0.15) is 51.4 Å². The van der Waals surface area contributed by atoms with Gasteiger partial charge in [0.05, 0.1) is 6.10 Å². The highest BCUT2D eigenvalue weighted by Crippen LogP contribution is 2.25. The SMILES string of the molecule is NC[C@H]1CC[C@@H](C(=O)N2CCCN(CC3CCCCC3)CC2)O1. The van der Waals surface area contributed by atoms with Crippen molar-refractivity contribution in [3.05, 3.63) is 0 Å². The number of hydrogen-bond donors (Lipinski definition) is 1. The Morgan fingerprint density at radius 1 is 0.957 bits per heavy atom. The number of nitrogens with two attached hydrogens (primary N) is 1. The zero-order chi connectivity index (χ0) is 16.1. The third-order valence-corrected chi connectivity index (χ3v) is 5.79. The Morgan fingerprint density at radius 3 is 2.52 bits per heavy atom. The summed E-state index contributed by atoms with van der Waals surface area (Å²) < 4.78 is 5.78. The smallest absolute Gasteiger partial charge is 0.251 e. The Balaban J connectivity index is 1.45. The molecule has 0 aromatic heterocycles. The summed E-state index contributed by atoms with van der Waals surface area (Å²) in [6.07, 6.45) is 9.72. The van der Waals surface area contributed by atoms with E-state index in [0.717, 1.165) is 51.4 Å². The molecule has 5 nitrogen and oxygen atoms in total. The fourth-order valence-electron chi connectivity index (χ4n) is 4.37. The second kappa shape index (κ2) is 8.45. The van der Waals surface area contributed by atoms with Gasteiger partial charge in [-0.05, 0) is 44.6 Å². The second-order valence-corrected chi connectivity index (χ2v) is 7.54. The lowest BCUT2D eigenvalue weighted by Gasteiger charge is -2.29. The van der Waals surface area contributed by atoms with Crippen molar-refractivity contribution >= 4 is 5.91 Å². The Bertz CT molecular complexity index is 384. The minimum atomic E-state index is -0.242. The van der Waals surface area contributed by atoms with Crippen LogP contribution in [0.3, 0.4) is 0 Å². The van der Waals surface area contributed by atoms with Crippen LogP contribution < -0.4 is 5.73 Å². The predicted molar refractivity (Wildman–Crippen MR) is 91.2 cm³/mol. The molecule has 132 valence electrons. The van der Waals surface area contributed by atoms with E-state index in [9.17, 15) is 4.79 Å². The van der Waals surface area contributed by atoms with Gasteiger partial charge in [-0.15, -0.1) is 0 Å². The molecule has 2 atom stereocenters. The van der Waals surface area contributed by atoms with Crippen LogP contribution in [-0.2, 0) is 9.53 Å². The van der Waals surface area contributed by atoms with Gasteiger partial charge in [0.15, 0.2) is 0 Å². The van der Waals surface area contributed by atoms with Gasteiger partial charge in [-0.1, -0.05) is 19.3 Å². The van der Waals surface area contributed by atoms with E-state index in [2.05, 4.69) is 4.90 Å². The molecule has 0 aromatic rings. The van der Waals surface area contributed by atoms with E-state index in [1.54, 1.807) is 0 Å². The van der Waals surface area contributed by atoms with Crippen molar-refractivity contribution in [1.82, 2.24) is 9.80 Å². The van der Waals surface area contributed by atoms with Crippen LogP contribution >= 0.6 is 0 Å². The first-order valence-corrected chi connectivity index (χ1v) is 9.63. The predicted octanol–water partition coefficient (Wildman–Crippen LogP) is 1.61. The number of amides is 1. The molecule has 0 unspecified atom stereocenters. The molecule has 2 heterocycles. The molecule has 1 amide bonds. The molecule has 2 saturated heterocycles. The maximum atomic E-state index is 12.7. The van der Waals surface area contributed by atoms with Gasteiger partial charge < -0.3 is 20.3 Å². The summed E-state index contributed by atoms with van der Waals surface area (Å²) in [5, 5.41) is 0. The summed E-state index contributed by atoms with van der Waals surface area (Å²) in [5.74, 6) is 1.08. The fourth-order valence-corrected chi connectivity index (χ4v) is 4.37. The minimum Gasteiger partial charge on any atom is -0.364 e. The molecule has 5 heteroatoms. The Hall–Kier alpha value is -0.650. The lowest BCUT2D eigenvalue weighted by atomic mass is 9.89. The molecule has 3 rings (SSSR count). The Labute approximate surface area is 140 Å². The molecule has 0 bridgehead atoms. The molecule has 3 fully saturated rings. The first-order chi connectivity index (χ1) is 11.3. The summed E-state index contributed by atoms with van der Waals surface area (Å²) >= 11 is 0. The highest BCUT2D eigenvalue weighted by molar-refractivity contribution is 5.81. The van der Waals surface area contributed by atoms with Crippen LogP contribution in [0.4, 0.5) is 0 Å². The van der Waals surface area contributed by atoms with Crippen LogP contribution in [-0.4, -0.2) is 67.2 Å². The quantitative estimate of drug-likeness (QED) is 0.854. The molecule has 3 aliphatic rings. The van der Waals surface area contributed by atoms with Crippen molar-refractivity contribution in [2.75, 3.05) is 39.3 Å². The zero-order valence-corrected chi connectivity index (χ0v) is 14.4. The van der Waals surface area contributed by atoms with Crippen LogP contribution in [0.5, 0.6) is 0 Å². The number of nitrogens with zero attached hydrogens (tertiary/aromatic N) is 2. The van der Waals surface area contributed by atoms with Crippen molar-refractivity contribution in [2.24, 2.45) is 11.7 Å². The van der Waals surface area contributed by atoms with Gasteiger partial charge in [-0.2, -0.15) is 0 Å². The van der Waals surface area contributed by atoms with Crippen LogP contribution in [0.25, 0.3) is 0 Å². The maximum absolute atomic E-state index is 12.7. The normalized spacial score (nSPS) is 31.3. The minimum absolute atomic E-state index is 0.0822. The van der Waals surface area contributed by atoms with Gasteiger partial charge in [0.25, 0.3) is 5.91 Å². The number of ether oxygens (including phenoxy) is 1. The average Bonchev–Trinajstić information content (AvgIpc) is 2.95. The van der Waals surface area contributed by atoms with Crippen molar-refractivity contribution < 1.29 is 9.53 Å². The monoisotopic (exact) mass is 323 g/mol.